The molecule has 0 radical (unpaired) electrons. The van der Waals surface area contributed by atoms with Gasteiger partial charge in [-0.1, -0.05) is 0 Å². The molecule has 0 atom stereocenters. The van der Waals surface area contributed by atoms with E-state index in [2.05, 4.69) is 5.32 Å². The first-order valence-electron chi connectivity index (χ1n) is 2.39. The van der Waals surface area contributed by atoms with Crippen LogP contribution in [0.4, 0.5) is 0 Å². The van der Waals surface area contributed by atoms with Crippen LogP contribution in [0, 0.1) is 0 Å². The highest BCUT2D eigenvalue weighted by molar-refractivity contribution is 7.51. The van der Waals surface area contributed by atoms with Crippen molar-refractivity contribution < 1.29 is 24.3 Å². The van der Waals surface area contributed by atoms with Crippen LogP contribution in [0.3, 0.4) is 0 Å². The van der Waals surface area contributed by atoms with Gasteiger partial charge in [0.25, 0.3) is 0 Å². The fourth-order valence-electron chi connectivity index (χ4n) is 0.308. The van der Waals surface area contributed by atoms with E-state index in [1.54, 1.807) is 0 Å². The molecule has 4 N–H and O–H groups in total. The maximum Gasteiger partial charge on any atom is 0.339 e. The average Bonchev–Trinajstić information content (AvgIpc) is 1.59. The third-order valence-corrected chi connectivity index (χ3v) is 1.23. The van der Waals surface area contributed by atoms with Crippen LogP contribution in [-0.2, 0) is 9.36 Å². The topological polar surface area (TPSA) is 107 Å². The van der Waals surface area contributed by atoms with Crippen LogP contribution < -0.4 is 5.32 Å². The zero-order valence-corrected chi connectivity index (χ0v) is 5.91. The summed E-state index contributed by atoms with van der Waals surface area (Å²) in [6, 6.07) is 0. The number of hydrogen-bond acceptors (Lipinski definition) is 3. The Morgan fingerprint density at radius 3 is 2.30 bits per heavy atom. The standard InChI is InChI=1S/C3H8NO5P/c5-3(6)1-4-2-10(7,8)9/h4H,1-2H2,(H,5,6)(H2,7,8,9)/i1+1,2+1. The van der Waals surface area contributed by atoms with Crippen molar-refractivity contribution in [3.8, 4) is 0 Å². The third kappa shape index (κ3) is 7.58. The molecule has 0 unspecified atom stereocenters. The summed E-state index contributed by atoms with van der Waals surface area (Å²) >= 11 is 0. The van der Waals surface area contributed by atoms with Crippen LogP contribution in [0.25, 0.3) is 0 Å². The minimum Gasteiger partial charge on any atom is -0.480 e. The molecule has 0 amide bonds. The van der Waals surface area contributed by atoms with Crippen molar-refractivity contribution in [1.29, 1.82) is 0 Å². The molecule has 0 saturated carbocycles. The van der Waals surface area contributed by atoms with Crippen LogP contribution >= 0.6 is 7.60 Å². The van der Waals surface area contributed by atoms with Crippen LogP contribution in [0.2, 0.25) is 0 Å². The number of aliphatic carboxylic acids is 1. The number of rotatable bonds is 4. The maximum absolute atomic E-state index is 10.1. The van der Waals surface area contributed by atoms with Crippen molar-refractivity contribution in [1.82, 2.24) is 5.32 Å². The van der Waals surface area contributed by atoms with Gasteiger partial charge in [-0.3, -0.25) is 14.7 Å². The van der Waals surface area contributed by atoms with Gasteiger partial charge < -0.3 is 14.9 Å². The fourth-order valence-corrected chi connectivity index (χ4v) is 0.712. The van der Waals surface area contributed by atoms with Crippen LogP contribution in [0.1, 0.15) is 0 Å². The molecule has 0 aliphatic rings. The second-order valence-corrected chi connectivity index (χ2v) is 3.29. The quantitative estimate of drug-likeness (QED) is 0.312. The van der Waals surface area contributed by atoms with E-state index in [1.165, 1.54) is 0 Å². The molecule has 0 rings (SSSR count). The maximum atomic E-state index is 10.1. The summed E-state index contributed by atoms with van der Waals surface area (Å²) in [5.74, 6) is -1.14. The number of carboxylic acid groups (broad SMARTS) is 1. The van der Waals surface area contributed by atoms with Crippen molar-refractivity contribution in [3.05, 3.63) is 0 Å². The van der Waals surface area contributed by atoms with Crippen LogP contribution in [0.15, 0.2) is 0 Å². The average molecular weight is 171 g/mol. The summed E-state index contributed by atoms with van der Waals surface area (Å²) < 4.78 is 10.1. The van der Waals surface area contributed by atoms with Gasteiger partial charge >= 0.3 is 13.6 Å². The molecule has 0 aromatic carbocycles. The van der Waals surface area contributed by atoms with E-state index < -0.39 is 26.4 Å². The Labute approximate surface area is 57.0 Å². The molecular weight excluding hydrogens is 163 g/mol. The zero-order valence-electron chi connectivity index (χ0n) is 5.02. The van der Waals surface area contributed by atoms with Gasteiger partial charge in [0.05, 0.1) is 12.8 Å². The van der Waals surface area contributed by atoms with Gasteiger partial charge in [-0.05, 0) is 0 Å². The molecular formula is C3H8NO5P. The van der Waals surface area contributed by atoms with E-state index in [0.29, 0.717) is 0 Å². The molecule has 10 heavy (non-hydrogen) atoms. The predicted octanol–water partition coefficient (Wildman–Crippen LogP) is -1.20. The Balaban J connectivity index is 3.39. The lowest BCUT2D eigenvalue weighted by Crippen LogP contribution is -2.23. The van der Waals surface area contributed by atoms with Gasteiger partial charge in [0.1, 0.15) is 0 Å². The molecule has 0 spiro atoms. The third-order valence-electron chi connectivity index (χ3n) is 0.594. The monoisotopic (exact) mass is 171 g/mol. The van der Waals surface area contributed by atoms with E-state index >= 15 is 0 Å². The number of nitrogens with one attached hydrogen (secondary N) is 1. The Hall–Kier alpha value is -0.420. The molecule has 0 fully saturated rings. The van der Waals surface area contributed by atoms with E-state index in [0.717, 1.165) is 0 Å². The number of hydrogen-bond donors (Lipinski definition) is 4. The van der Waals surface area contributed by atoms with Gasteiger partial charge in [0, 0.05) is 0 Å². The highest BCUT2D eigenvalue weighted by Gasteiger charge is 2.11. The van der Waals surface area contributed by atoms with Gasteiger partial charge in [-0.15, -0.1) is 0 Å². The first-order chi connectivity index (χ1) is 4.42. The van der Waals surface area contributed by atoms with Crippen molar-refractivity contribution in [3.63, 3.8) is 0 Å². The van der Waals surface area contributed by atoms with Gasteiger partial charge in [0.2, 0.25) is 0 Å². The van der Waals surface area contributed by atoms with Crippen LogP contribution in [0.5, 0.6) is 0 Å². The minimum absolute atomic E-state index is 0.439. The van der Waals surface area contributed by atoms with Gasteiger partial charge in [-0.2, -0.15) is 0 Å². The molecule has 6 nitrogen and oxygen atoms in total. The van der Waals surface area contributed by atoms with E-state index in [9.17, 15) is 9.36 Å². The van der Waals surface area contributed by atoms with Crippen molar-refractivity contribution >= 4 is 13.6 Å². The molecule has 0 bridgehead atoms. The lowest BCUT2D eigenvalue weighted by atomic mass is 11.1. The summed E-state index contributed by atoms with van der Waals surface area (Å²) in [6.45, 7) is -0.439. The molecule has 0 aromatic heterocycles. The van der Waals surface area contributed by atoms with Crippen LogP contribution in [-0.4, -0.2) is 33.7 Å². The second kappa shape index (κ2) is 3.68. The zero-order chi connectivity index (χ0) is 8.20. The fraction of sp³-hybridized carbons (Fsp3) is 0.667. The SMILES string of the molecule is O=C(O)[13CH2]N[13CH2]P(=O)(O)O. The molecule has 0 aromatic rings. The van der Waals surface area contributed by atoms with E-state index in [4.69, 9.17) is 14.9 Å². The summed E-state index contributed by atoms with van der Waals surface area (Å²) in [4.78, 5) is 26.1. The number of carbonyl (C=O) groups is 1. The Bertz CT molecular complexity index is 162. The first kappa shape index (κ1) is 9.58. The number of carboxylic acids is 1. The Kier molecular flexibility index (Phi) is 3.52. The highest BCUT2D eigenvalue weighted by atomic mass is 31.2. The van der Waals surface area contributed by atoms with Gasteiger partial charge in [-0.25, -0.2) is 0 Å². The molecule has 0 aliphatic carbocycles. The molecule has 7 heteroatoms. The predicted molar refractivity (Wildman–Crippen MR) is 32.5 cm³/mol. The smallest absolute Gasteiger partial charge is 0.339 e. The summed E-state index contributed by atoms with van der Waals surface area (Å²) in [7, 11) is -4.10. The lowest BCUT2D eigenvalue weighted by Gasteiger charge is -2.02. The molecule has 0 heterocycles. The summed E-state index contributed by atoms with van der Waals surface area (Å²) in [6.07, 6.45) is -0.598. The minimum atomic E-state index is -4.10. The highest BCUT2D eigenvalue weighted by Crippen LogP contribution is 2.31. The largest absolute Gasteiger partial charge is 0.480 e. The molecule has 0 saturated heterocycles. The lowest BCUT2D eigenvalue weighted by molar-refractivity contribution is -0.135. The van der Waals surface area contributed by atoms with Gasteiger partial charge in [0.15, 0.2) is 0 Å². The first-order valence-corrected chi connectivity index (χ1v) is 4.18. The Morgan fingerprint density at radius 1 is 1.50 bits per heavy atom. The molecule has 0 aliphatic heterocycles. The normalized spacial score (nSPS) is 11.4. The summed E-state index contributed by atoms with van der Waals surface area (Å²) in [5, 5.41) is 10.1. The Morgan fingerprint density at radius 2 is 2.00 bits per heavy atom. The second-order valence-electron chi connectivity index (χ2n) is 1.64. The van der Waals surface area contributed by atoms with Crippen molar-refractivity contribution in [2.45, 2.75) is 0 Å². The molecule has 60 valence electrons. The van der Waals surface area contributed by atoms with E-state index in [1.807, 2.05) is 0 Å². The summed E-state index contributed by atoms with van der Waals surface area (Å²) in [5.41, 5.74) is 0. The van der Waals surface area contributed by atoms with E-state index in [-0.39, 0.29) is 0 Å². The van der Waals surface area contributed by atoms with Crippen molar-refractivity contribution in [2.24, 2.45) is 0 Å². The van der Waals surface area contributed by atoms with Crippen molar-refractivity contribution in [2.75, 3.05) is 12.8 Å².